The van der Waals surface area contributed by atoms with Crippen LogP contribution in [0.1, 0.15) is 19.8 Å². The molecule has 72 valence electrons. The van der Waals surface area contributed by atoms with Gasteiger partial charge in [0, 0.05) is 12.5 Å². The molecule has 1 aliphatic rings. The van der Waals surface area contributed by atoms with E-state index in [9.17, 15) is 13.9 Å². The van der Waals surface area contributed by atoms with E-state index in [4.69, 9.17) is 0 Å². The Morgan fingerprint density at radius 2 is 2.25 bits per heavy atom. The summed E-state index contributed by atoms with van der Waals surface area (Å²) < 4.78 is 24.6. The molecule has 0 radical (unpaired) electrons. The van der Waals surface area contributed by atoms with Crippen molar-refractivity contribution in [3.63, 3.8) is 0 Å². The van der Waals surface area contributed by atoms with Gasteiger partial charge in [-0.25, -0.2) is 8.78 Å². The second-order valence-electron chi connectivity index (χ2n) is 3.57. The van der Waals surface area contributed by atoms with Crippen molar-refractivity contribution in [2.45, 2.75) is 31.8 Å². The van der Waals surface area contributed by atoms with Crippen LogP contribution in [0.4, 0.5) is 8.78 Å². The zero-order valence-corrected chi connectivity index (χ0v) is 7.19. The molecule has 2 atom stereocenters. The summed E-state index contributed by atoms with van der Waals surface area (Å²) in [6.07, 6.45) is -1.10. The van der Waals surface area contributed by atoms with Gasteiger partial charge in [-0.05, 0) is 26.3 Å². The van der Waals surface area contributed by atoms with Crippen LogP contribution in [0.2, 0.25) is 0 Å². The SMILES string of the molecule is CC(O)(C(F)F)C1CCCNC1. The second-order valence-corrected chi connectivity index (χ2v) is 3.57. The number of halogens is 2. The number of nitrogens with one attached hydrogen (secondary N) is 1. The number of piperidine rings is 1. The van der Waals surface area contributed by atoms with Crippen molar-refractivity contribution >= 4 is 0 Å². The molecule has 1 heterocycles. The second kappa shape index (κ2) is 3.66. The highest BCUT2D eigenvalue weighted by atomic mass is 19.3. The molecule has 0 aromatic heterocycles. The Morgan fingerprint density at radius 1 is 1.58 bits per heavy atom. The van der Waals surface area contributed by atoms with Crippen LogP contribution in [0.3, 0.4) is 0 Å². The van der Waals surface area contributed by atoms with E-state index in [1.54, 1.807) is 0 Å². The Kier molecular flexibility index (Phi) is 3.01. The fourth-order valence-corrected chi connectivity index (χ4v) is 1.53. The van der Waals surface area contributed by atoms with E-state index in [0.29, 0.717) is 13.0 Å². The molecular weight excluding hydrogens is 164 g/mol. The topological polar surface area (TPSA) is 32.3 Å². The summed E-state index contributed by atoms with van der Waals surface area (Å²) in [5, 5.41) is 12.4. The van der Waals surface area contributed by atoms with Gasteiger partial charge < -0.3 is 10.4 Å². The lowest BCUT2D eigenvalue weighted by atomic mass is 9.84. The minimum atomic E-state index is -2.65. The van der Waals surface area contributed by atoms with Gasteiger partial charge in [0.2, 0.25) is 0 Å². The molecule has 1 fully saturated rings. The van der Waals surface area contributed by atoms with Gasteiger partial charge in [0.1, 0.15) is 5.60 Å². The molecule has 2 nitrogen and oxygen atoms in total. The minimum absolute atomic E-state index is 0.314. The summed E-state index contributed by atoms with van der Waals surface area (Å²) in [5.74, 6) is -0.314. The Balaban J connectivity index is 2.53. The zero-order valence-electron chi connectivity index (χ0n) is 7.19. The van der Waals surface area contributed by atoms with Crippen molar-refractivity contribution in [2.75, 3.05) is 13.1 Å². The Morgan fingerprint density at radius 3 is 2.67 bits per heavy atom. The minimum Gasteiger partial charge on any atom is -0.384 e. The molecule has 0 spiro atoms. The Hall–Kier alpha value is -0.220. The van der Waals surface area contributed by atoms with E-state index >= 15 is 0 Å². The van der Waals surface area contributed by atoms with E-state index < -0.39 is 12.0 Å². The van der Waals surface area contributed by atoms with Gasteiger partial charge in [-0.15, -0.1) is 0 Å². The van der Waals surface area contributed by atoms with Gasteiger partial charge >= 0.3 is 0 Å². The fourth-order valence-electron chi connectivity index (χ4n) is 1.53. The van der Waals surface area contributed by atoms with Crippen LogP contribution < -0.4 is 5.32 Å². The number of alkyl halides is 2. The van der Waals surface area contributed by atoms with Crippen molar-refractivity contribution in [1.82, 2.24) is 5.32 Å². The normalized spacial score (nSPS) is 30.2. The van der Waals surface area contributed by atoms with E-state index in [2.05, 4.69) is 5.32 Å². The zero-order chi connectivity index (χ0) is 9.19. The average molecular weight is 179 g/mol. The van der Waals surface area contributed by atoms with E-state index in [0.717, 1.165) is 13.0 Å². The van der Waals surface area contributed by atoms with Gasteiger partial charge in [0.25, 0.3) is 6.43 Å². The summed E-state index contributed by atoms with van der Waals surface area (Å²) in [6, 6.07) is 0. The quantitative estimate of drug-likeness (QED) is 0.663. The first kappa shape index (κ1) is 9.86. The molecule has 1 rings (SSSR count). The summed E-state index contributed by atoms with van der Waals surface area (Å²) in [4.78, 5) is 0. The van der Waals surface area contributed by atoms with E-state index in [1.807, 2.05) is 0 Å². The van der Waals surface area contributed by atoms with Crippen LogP contribution in [0.15, 0.2) is 0 Å². The van der Waals surface area contributed by atoms with Crippen molar-refractivity contribution in [2.24, 2.45) is 5.92 Å². The van der Waals surface area contributed by atoms with Crippen molar-refractivity contribution in [1.29, 1.82) is 0 Å². The lowest BCUT2D eigenvalue weighted by Gasteiger charge is -2.35. The standard InChI is InChI=1S/C8H15F2NO/c1-8(12,7(9)10)6-3-2-4-11-5-6/h6-7,11-12H,2-5H2,1H3. The molecule has 0 aromatic carbocycles. The molecule has 1 saturated heterocycles. The van der Waals surface area contributed by atoms with Gasteiger partial charge in [0.15, 0.2) is 0 Å². The number of rotatable bonds is 2. The fraction of sp³-hybridized carbons (Fsp3) is 1.00. The molecule has 1 aliphatic heterocycles. The lowest BCUT2D eigenvalue weighted by Crippen LogP contribution is -2.48. The molecule has 2 N–H and O–H groups in total. The number of aliphatic hydroxyl groups is 1. The van der Waals surface area contributed by atoms with Crippen molar-refractivity contribution in [3.8, 4) is 0 Å². The molecule has 0 aliphatic carbocycles. The third-order valence-electron chi connectivity index (χ3n) is 2.57. The van der Waals surface area contributed by atoms with Crippen LogP contribution in [0.25, 0.3) is 0 Å². The maximum atomic E-state index is 12.3. The van der Waals surface area contributed by atoms with E-state index in [-0.39, 0.29) is 5.92 Å². The highest BCUT2D eigenvalue weighted by Crippen LogP contribution is 2.29. The molecule has 4 heteroatoms. The molecule has 0 aromatic rings. The first-order chi connectivity index (χ1) is 5.55. The summed E-state index contributed by atoms with van der Waals surface area (Å²) in [7, 11) is 0. The predicted molar refractivity (Wildman–Crippen MR) is 42.2 cm³/mol. The van der Waals surface area contributed by atoms with Gasteiger partial charge in [0.05, 0.1) is 0 Å². The van der Waals surface area contributed by atoms with Gasteiger partial charge in [-0.1, -0.05) is 0 Å². The molecule has 0 bridgehead atoms. The third kappa shape index (κ3) is 1.93. The van der Waals surface area contributed by atoms with Crippen LogP contribution in [-0.2, 0) is 0 Å². The average Bonchev–Trinajstić information content (AvgIpc) is 2.06. The van der Waals surface area contributed by atoms with Gasteiger partial charge in [-0.3, -0.25) is 0 Å². The predicted octanol–water partition coefficient (Wildman–Crippen LogP) is 1.00. The maximum absolute atomic E-state index is 12.3. The van der Waals surface area contributed by atoms with Crippen LogP contribution in [-0.4, -0.2) is 30.2 Å². The smallest absolute Gasteiger partial charge is 0.266 e. The first-order valence-corrected chi connectivity index (χ1v) is 4.26. The van der Waals surface area contributed by atoms with Crippen molar-refractivity contribution in [3.05, 3.63) is 0 Å². The molecule has 12 heavy (non-hydrogen) atoms. The molecule has 0 amide bonds. The van der Waals surface area contributed by atoms with E-state index in [1.165, 1.54) is 6.92 Å². The molecule has 2 unspecified atom stereocenters. The first-order valence-electron chi connectivity index (χ1n) is 4.26. The number of hydrogen-bond donors (Lipinski definition) is 2. The van der Waals surface area contributed by atoms with Gasteiger partial charge in [-0.2, -0.15) is 0 Å². The summed E-state index contributed by atoms with van der Waals surface area (Å²) >= 11 is 0. The highest BCUT2D eigenvalue weighted by Gasteiger charge is 2.40. The molecule has 0 saturated carbocycles. The maximum Gasteiger partial charge on any atom is 0.266 e. The largest absolute Gasteiger partial charge is 0.384 e. The molecular formula is C8H15F2NO. The van der Waals surface area contributed by atoms with Crippen LogP contribution >= 0.6 is 0 Å². The summed E-state index contributed by atoms with van der Waals surface area (Å²) in [6.45, 7) is 2.59. The van der Waals surface area contributed by atoms with Crippen LogP contribution in [0.5, 0.6) is 0 Å². The lowest BCUT2D eigenvalue weighted by molar-refractivity contribution is -0.124. The number of hydrogen-bond acceptors (Lipinski definition) is 2. The summed E-state index contributed by atoms with van der Waals surface area (Å²) in [5.41, 5.74) is -1.83. The Bertz CT molecular complexity index is 144. The highest BCUT2D eigenvalue weighted by molar-refractivity contribution is 4.87. The Labute approximate surface area is 71.0 Å². The monoisotopic (exact) mass is 179 g/mol. The van der Waals surface area contributed by atoms with Crippen LogP contribution in [0, 0.1) is 5.92 Å². The van der Waals surface area contributed by atoms with Crippen molar-refractivity contribution < 1.29 is 13.9 Å². The third-order valence-corrected chi connectivity index (χ3v) is 2.57.